The highest BCUT2D eigenvalue weighted by Gasteiger charge is 2.32. The van der Waals surface area contributed by atoms with Crippen LogP contribution in [0.4, 0.5) is 10.1 Å². The fourth-order valence-corrected chi connectivity index (χ4v) is 5.45. The number of benzene rings is 3. The summed E-state index contributed by atoms with van der Waals surface area (Å²) >= 11 is 5.98. The van der Waals surface area contributed by atoms with Gasteiger partial charge in [-0.1, -0.05) is 55.8 Å². The van der Waals surface area contributed by atoms with Crippen LogP contribution < -0.4 is 14.4 Å². The van der Waals surface area contributed by atoms with Crippen molar-refractivity contribution < 1.29 is 27.1 Å². The second-order valence-corrected chi connectivity index (χ2v) is 11.9. The predicted molar refractivity (Wildman–Crippen MR) is 153 cm³/mol. The Bertz CT molecular complexity index is 1420. The molecule has 214 valence electrons. The molecule has 3 rings (SSSR count). The first-order valence-corrected chi connectivity index (χ1v) is 14.5. The van der Waals surface area contributed by atoms with Gasteiger partial charge in [-0.15, -0.1) is 0 Å². The number of carbonyl (C=O) groups is 2. The third kappa shape index (κ3) is 7.73. The molecule has 0 aliphatic rings. The molecule has 0 aliphatic heterocycles. The highest BCUT2D eigenvalue weighted by Crippen LogP contribution is 2.28. The molecule has 1 atom stereocenters. The Balaban J connectivity index is 2.02. The van der Waals surface area contributed by atoms with Crippen LogP contribution in [0, 0.1) is 11.7 Å². The van der Waals surface area contributed by atoms with E-state index in [4.69, 9.17) is 16.3 Å². The zero-order valence-corrected chi connectivity index (χ0v) is 24.4. The van der Waals surface area contributed by atoms with E-state index < -0.39 is 34.3 Å². The molecule has 0 spiro atoms. The first-order chi connectivity index (χ1) is 18.9. The van der Waals surface area contributed by atoms with Crippen LogP contribution in [0.15, 0.2) is 77.7 Å². The summed E-state index contributed by atoms with van der Waals surface area (Å²) in [4.78, 5) is 28.2. The largest absolute Gasteiger partial charge is 0.497 e. The molecule has 2 amide bonds. The van der Waals surface area contributed by atoms with Crippen molar-refractivity contribution in [3.63, 3.8) is 0 Å². The van der Waals surface area contributed by atoms with Crippen LogP contribution in [0.3, 0.4) is 0 Å². The fraction of sp³-hybridized carbons (Fsp3) is 0.310. The summed E-state index contributed by atoms with van der Waals surface area (Å²) in [6.07, 6.45) is 0. The molecule has 0 saturated carbocycles. The Morgan fingerprint density at radius 1 is 1.00 bits per heavy atom. The van der Waals surface area contributed by atoms with Gasteiger partial charge in [0.25, 0.3) is 10.0 Å². The lowest BCUT2D eigenvalue weighted by atomic mass is 10.1. The molecule has 11 heteroatoms. The Kier molecular flexibility index (Phi) is 10.5. The molecule has 0 heterocycles. The Labute approximate surface area is 239 Å². The second kappa shape index (κ2) is 13.6. The summed E-state index contributed by atoms with van der Waals surface area (Å²) in [7, 11) is -2.74. The van der Waals surface area contributed by atoms with Crippen molar-refractivity contribution in [3.05, 3.63) is 89.2 Å². The Morgan fingerprint density at radius 3 is 2.23 bits per heavy atom. The van der Waals surface area contributed by atoms with Crippen LogP contribution in [0.5, 0.6) is 5.75 Å². The monoisotopic (exact) mass is 589 g/mol. The zero-order valence-electron chi connectivity index (χ0n) is 22.8. The van der Waals surface area contributed by atoms with E-state index in [1.807, 2.05) is 13.8 Å². The van der Waals surface area contributed by atoms with Crippen molar-refractivity contribution in [3.8, 4) is 5.75 Å². The molecule has 40 heavy (non-hydrogen) atoms. The molecule has 0 bridgehead atoms. The number of amides is 2. The summed E-state index contributed by atoms with van der Waals surface area (Å²) in [5.74, 6) is -0.930. The Hall–Kier alpha value is -3.63. The number of nitrogens with one attached hydrogen (secondary N) is 1. The highest BCUT2D eigenvalue weighted by molar-refractivity contribution is 7.92. The number of ether oxygens (including phenoxy) is 1. The maximum absolute atomic E-state index is 14.0. The van der Waals surface area contributed by atoms with E-state index in [0.717, 1.165) is 16.4 Å². The number of anilines is 1. The van der Waals surface area contributed by atoms with Gasteiger partial charge in [0.2, 0.25) is 11.8 Å². The predicted octanol–water partition coefficient (Wildman–Crippen LogP) is 4.87. The minimum atomic E-state index is -4.27. The van der Waals surface area contributed by atoms with Crippen molar-refractivity contribution in [1.29, 1.82) is 0 Å². The van der Waals surface area contributed by atoms with Crippen LogP contribution in [0.2, 0.25) is 5.02 Å². The molecule has 0 aromatic heterocycles. The average molecular weight is 590 g/mol. The van der Waals surface area contributed by atoms with Crippen molar-refractivity contribution >= 4 is 39.1 Å². The molecule has 0 radical (unpaired) electrons. The fourth-order valence-electron chi connectivity index (χ4n) is 3.85. The van der Waals surface area contributed by atoms with Crippen LogP contribution in [0.1, 0.15) is 26.3 Å². The lowest BCUT2D eigenvalue weighted by Crippen LogP contribution is -2.51. The highest BCUT2D eigenvalue weighted by atomic mass is 35.5. The maximum Gasteiger partial charge on any atom is 0.264 e. The molecule has 1 N–H and O–H groups in total. The topological polar surface area (TPSA) is 96.0 Å². The van der Waals surface area contributed by atoms with E-state index >= 15 is 0 Å². The lowest BCUT2D eigenvalue weighted by molar-refractivity contribution is -0.139. The van der Waals surface area contributed by atoms with Crippen molar-refractivity contribution in [2.24, 2.45) is 5.92 Å². The normalized spacial score (nSPS) is 12.1. The molecular formula is C29H33ClFN3O5S. The second-order valence-electron chi connectivity index (χ2n) is 9.61. The first kappa shape index (κ1) is 30.9. The SMILES string of the molecule is COc1ccc(CN(C(=O)CN(c2ccc(F)c(Cl)c2)S(=O)(=O)c2ccccc2)C(C)C(=O)NCC(C)C)cc1. The van der Waals surface area contributed by atoms with Crippen LogP contribution in [-0.4, -0.2) is 51.4 Å². The van der Waals surface area contributed by atoms with E-state index in [1.54, 1.807) is 49.4 Å². The van der Waals surface area contributed by atoms with Gasteiger partial charge in [-0.05, 0) is 60.9 Å². The summed E-state index contributed by atoms with van der Waals surface area (Å²) in [6.45, 7) is 5.27. The summed E-state index contributed by atoms with van der Waals surface area (Å²) < 4.78 is 47.5. The van der Waals surface area contributed by atoms with Gasteiger partial charge in [-0.25, -0.2) is 12.8 Å². The number of hydrogen-bond donors (Lipinski definition) is 1. The first-order valence-electron chi connectivity index (χ1n) is 12.7. The molecule has 0 fully saturated rings. The van der Waals surface area contributed by atoms with Crippen molar-refractivity contribution in [2.75, 3.05) is 24.5 Å². The van der Waals surface area contributed by atoms with Gasteiger partial charge in [-0.2, -0.15) is 0 Å². The van der Waals surface area contributed by atoms with Gasteiger partial charge in [0.05, 0.1) is 22.7 Å². The average Bonchev–Trinajstić information content (AvgIpc) is 2.95. The smallest absolute Gasteiger partial charge is 0.264 e. The van der Waals surface area contributed by atoms with E-state index in [0.29, 0.717) is 17.9 Å². The Morgan fingerprint density at radius 2 is 1.65 bits per heavy atom. The minimum Gasteiger partial charge on any atom is -0.497 e. The van der Waals surface area contributed by atoms with Gasteiger partial charge in [0.15, 0.2) is 0 Å². The van der Waals surface area contributed by atoms with Gasteiger partial charge >= 0.3 is 0 Å². The molecule has 1 unspecified atom stereocenters. The third-order valence-corrected chi connectivity index (χ3v) is 8.24. The standard InChI is InChI=1S/C29H33ClFN3O5S/c1-20(2)17-32-29(36)21(3)33(18-22-10-13-24(39-4)14-11-22)28(35)19-34(23-12-15-27(31)26(30)16-23)40(37,38)25-8-6-5-7-9-25/h5-16,20-21H,17-19H2,1-4H3,(H,32,36). The van der Waals surface area contributed by atoms with Gasteiger partial charge in [0, 0.05) is 13.1 Å². The maximum atomic E-state index is 14.0. The lowest BCUT2D eigenvalue weighted by Gasteiger charge is -2.32. The molecule has 8 nitrogen and oxygen atoms in total. The number of carbonyl (C=O) groups excluding carboxylic acids is 2. The zero-order chi connectivity index (χ0) is 29.4. The molecule has 0 aliphatic carbocycles. The van der Waals surface area contributed by atoms with Crippen LogP contribution in [0.25, 0.3) is 0 Å². The molecule has 3 aromatic rings. The number of rotatable bonds is 12. The van der Waals surface area contributed by atoms with E-state index in [9.17, 15) is 22.4 Å². The van der Waals surface area contributed by atoms with E-state index in [-0.39, 0.29) is 34.0 Å². The van der Waals surface area contributed by atoms with Crippen molar-refractivity contribution in [1.82, 2.24) is 10.2 Å². The number of nitrogens with zero attached hydrogens (tertiary/aromatic N) is 2. The number of sulfonamides is 1. The van der Waals surface area contributed by atoms with Crippen LogP contribution >= 0.6 is 11.6 Å². The van der Waals surface area contributed by atoms with Crippen LogP contribution in [-0.2, 0) is 26.2 Å². The quantitative estimate of drug-likeness (QED) is 0.325. The molecular weight excluding hydrogens is 557 g/mol. The summed E-state index contributed by atoms with van der Waals surface area (Å²) in [5.41, 5.74) is 0.713. The molecule has 0 saturated heterocycles. The van der Waals surface area contributed by atoms with Gasteiger partial charge < -0.3 is 15.0 Å². The van der Waals surface area contributed by atoms with Gasteiger partial charge in [-0.3, -0.25) is 13.9 Å². The summed E-state index contributed by atoms with van der Waals surface area (Å²) in [5, 5.41) is 2.54. The van der Waals surface area contributed by atoms with E-state index in [2.05, 4.69) is 5.32 Å². The van der Waals surface area contributed by atoms with Gasteiger partial charge in [0.1, 0.15) is 24.2 Å². The number of halogens is 2. The molecule has 3 aromatic carbocycles. The summed E-state index contributed by atoms with van der Waals surface area (Å²) in [6, 6.07) is 17.1. The third-order valence-electron chi connectivity index (χ3n) is 6.17. The minimum absolute atomic E-state index is 0.00455. The number of hydrogen-bond acceptors (Lipinski definition) is 5. The van der Waals surface area contributed by atoms with Crippen molar-refractivity contribution in [2.45, 2.75) is 38.3 Å². The number of methoxy groups -OCH3 is 1. The van der Waals surface area contributed by atoms with E-state index in [1.165, 1.54) is 30.2 Å².